The minimum absolute atomic E-state index is 0.0983. The third-order valence-electron chi connectivity index (χ3n) is 7.71. The monoisotopic (exact) mass is 783 g/mol. The van der Waals surface area contributed by atoms with Crippen LogP contribution in [0.4, 0.5) is 5.69 Å². The smallest absolute Gasteiger partial charge is 0.335 e. The number of amides is 4. The Labute approximate surface area is 308 Å². The molecule has 7 N–H and O–H groups in total. The van der Waals surface area contributed by atoms with Gasteiger partial charge in [0, 0.05) is 31.5 Å². The molecule has 1 aromatic rings. The van der Waals surface area contributed by atoms with Crippen LogP contribution in [0.3, 0.4) is 0 Å². The van der Waals surface area contributed by atoms with Crippen molar-refractivity contribution in [1.29, 1.82) is 0 Å². The first-order chi connectivity index (χ1) is 25.1. The fraction of sp³-hybridized carbons (Fsp3) is 0.485. The van der Waals surface area contributed by atoms with E-state index in [9.17, 15) is 67.0 Å². The van der Waals surface area contributed by atoms with Crippen molar-refractivity contribution in [2.75, 3.05) is 30.8 Å². The molecule has 0 saturated carbocycles. The number of ketones is 1. The predicted octanol–water partition coefficient (Wildman–Crippen LogP) is -1.61. The van der Waals surface area contributed by atoms with E-state index in [-0.39, 0.29) is 18.0 Å². The van der Waals surface area contributed by atoms with Crippen LogP contribution < -0.4 is 15.4 Å². The average Bonchev–Trinajstić information content (AvgIpc) is 3.38. The summed E-state index contributed by atoms with van der Waals surface area (Å²) in [7, 11) is -4.79. The van der Waals surface area contributed by atoms with E-state index < -0.39 is 125 Å². The maximum Gasteiger partial charge on any atom is 0.335 e. The number of aliphatic carboxylic acids is 1. The summed E-state index contributed by atoms with van der Waals surface area (Å²) in [6.45, 7) is 3.73. The quantitative estimate of drug-likeness (QED) is 0.0531. The van der Waals surface area contributed by atoms with Crippen molar-refractivity contribution >= 4 is 63.2 Å². The second-order valence-corrected chi connectivity index (χ2v) is 14.7. The Bertz CT molecular complexity index is 1780. The van der Waals surface area contributed by atoms with Crippen LogP contribution in [0.15, 0.2) is 36.4 Å². The molecule has 0 aromatic heterocycles. The molecule has 2 heterocycles. The molecule has 0 aliphatic carbocycles. The molecule has 1 fully saturated rings. The van der Waals surface area contributed by atoms with Crippen LogP contribution in [0.1, 0.15) is 39.2 Å². The highest BCUT2D eigenvalue weighted by molar-refractivity contribution is 7.85. The third kappa shape index (κ3) is 12.5. The van der Waals surface area contributed by atoms with Crippen LogP contribution >= 0.6 is 0 Å². The van der Waals surface area contributed by atoms with Gasteiger partial charge >= 0.3 is 11.9 Å². The first kappa shape index (κ1) is 43.3. The molecule has 1 saturated heterocycles. The van der Waals surface area contributed by atoms with Crippen molar-refractivity contribution in [1.82, 2.24) is 10.2 Å². The summed E-state index contributed by atoms with van der Waals surface area (Å²) < 4.78 is 48.5. The highest BCUT2D eigenvalue weighted by atomic mass is 32.2. The Balaban J connectivity index is 1.73. The first-order valence-electron chi connectivity index (χ1n) is 16.2. The lowest BCUT2D eigenvalue weighted by molar-refractivity contribution is -0.271. The molecule has 0 bridgehead atoms. The Kier molecular flexibility index (Phi) is 14.7. The van der Waals surface area contributed by atoms with Crippen molar-refractivity contribution < 1.29 is 81.2 Å². The summed E-state index contributed by atoms with van der Waals surface area (Å²) >= 11 is 0. The minimum atomic E-state index is -4.79. The van der Waals surface area contributed by atoms with Crippen LogP contribution in [0, 0.1) is 11.3 Å². The van der Waals surface area contributed by atoms with Crippen molar-refractivity contribution in [3.8, 4) is 5.75 Å². The van der Waals surface area contributed by atoms with Gasteiger partial charge in [-0.05, 0) is 44.5 Å². The lowest BCUT2D eigenvalue weighted by atomic mass is 9.97. The molecule has 296 valence electrons. The zero-order chi connectivity index (χ0) is 40.5. The number of nitrogens with zero attached hydrogens (tertiary/aromatic N) is 1. The van der Waals surface area contributed by atoms with Gasteiger partial charge in [-0.1, -0.05) is 12.1 Å². The second-order valence-electron chi connectivity index (χ2n) is 13.2. The molecule has 2 aliphatic heterocycles. The number of hydrogen-bond donors (Lipinski definition) is 7. The summed E-state index contributed by atoms with van der Waals surface area (Å²) in [5, 5.41) is 44.8. The lowest BCUT2D eigenvalue weighted by Crippen LogP contribution is -2.61. The van der Waals surface area contributed by atoms with Gasteiger partial charge in [0.25, 0.3) is 21.9 Å². The van der Waals surface area contributed by atoms with E-state index >= 15 is 0 Å². The number of carboxylic acids is 1. The Hall–Kier alpha value is -5.06. The SMILES string of the molecule is CC(C)(C)C(=O)OC/C=C/c1ccc(O[C@@H]2O[C@H](C(=O)O)[C@H](O)[C@H](O)[C@@H]2O)c(NC(=O)CCNC(=O)[C@@H](CC(=O)CN2C(=O)C=CC2=O)CS(=O)(=O)O)c1. The summed E-state index contributed by atoms with van der Waals surface area (Å²) in [6.07, 6.45) is -6.17. The lowest BCUT2D eigenvalue weighted by Gasteiger charge is -2.38. The van der Waals surface area contributed by atoms with Gasteiger partial charge in [0.2, 0.25) is 18.1 Å². The number of aliphatic hydroxyl groups excluding tert-OH is 3. The normalized spacial score (nSPS) is 22.2. The fourth-order valence-electron chi connectivity index (χ4n) is 4.89. The maximum absolute atomic E-state index is 13.0. The van der Waals surface area contributed by atoms with Gasteiger partial charge in [-0.25, -0.2) is 4.79 Å². The van der Waals surface area contributed by atoms with E-state index in [0.717, 1.165) is 12.2 Å². The number of rotatable bonds is 17. The Morgan fingerprint density at radius 2 is 1.67 bits per heavy atom. The maximum atomic E-state index is 13.0. The molecule has 6 atom stereocenters. The highest BCUT2D eigenvalue weighted by Gasteiger charge is 2.48. The molecule has 54 heavy (non-hydrogen) atoms. The first-order valence-corrected chi connectivity index (χ1v) is 17.8. The Morgan fingerprint density at radius 1 is 1.02 bits per heavy atom. The zero-order valence-electron chi connectivity index (χ0n) is 29.2. The average molecular weight is 784 g/mol. The van der Waals surface area contributed by atoms with Gasteiger partial charge in [-0.15, -0.1) is 0 Å². The van der Waals surface area contributed by atoms with E-state index in [1.165, 1.54) is 30.4 Å². The van der Waals surface area contributed by atoms with Crippen molar-refractivity contribution in [3.05, 3.63) is 42.0 Å². The summed E-state index contributed by atoms with van der Waals surface area (Å²) in [6, 6.07) is 4.12. The van der Waals surface area contributed by atoms with E-state index in [1.807, 2.05) is 0 Å². The number of aliphatic hydroxyl groups is 3. The molecule has 3 rings (SSSR count). The standard InChI is InChI=1S/C33H41N3O17S/c1-33(2,3)32(47)51-12-4-5-17-6-7-21(52-31-27(43)25(41)26(42)28(53-31)30(45)46)20(13-17)35-22(38)10-11-34-29(44)18(16-54(48,49)50)14-19(37)15-36-23(39)8-9-24(36)40/h4-9,13,18,25-28,31,41-43H,10-12,14-16H2,1-3H3,(H,34,44)(H,35,38)(H,45,46)(H,48,49,50)/b5-4+/t18-,25-,26+,27-,28-,31+/m0/s1. The molecule has 2 aliphatic rings. The van der Waals surface area contributed by atoms with Gasteiger partial charge in [0.15, 0.2) is 11.9 Å². The second kappa shape index (κ2) is 18.3. The summed E-state index contributed by atoms with van der Waals surface area (Å²) in [5.41, 5.74) is -0.436. The van der Waals surface area contributed by atoms with E-state index in [0.29, 0.717) is 10.5 Å². The molecule has 0 spiro atoms. The number of esters is 1. The van der Waals surface area contributed by atoms with E-state index in [2.05, 4.69) is 10.6 Å². The fourth-order valence-corrected chi connectivity index (χ4v) is 5.67. The van der Waals surface area contributed by atoms with Gasteiger partial charge in [-0.2, -0.15) is 8.42 Å². The number of imide groups is 1. The largest absolute Gasteiger partial charge is 0.479 e. The number of carbonyl (C=O) groups is 7. The number of Topliss-reactive ketones (excluding diaryl/α,β-unsaturated/α-hetero) is 1. The molecule has 1 aromatic carbocycles. The molecular weight excluding hydrogens is 742 g/mol. The van der Waals surface area contributed by atoms with Crippen LogP contribution in [-0.2, 0) is 53.2 Å². The topological polar surface area (TPSA) is 310 Å². The van der Waals surface area contributed by atoms with Crippen LogP contribution in [0.25, 0.3) is 6.08 Å². The highest BCUT2D eigenvalue weighted by Crippen LogP contribution is 2.31. The van der Waals surface area contributed by atoms with Gasteiger partial charge < -0.3 is 45.3 Å². The van der Waals surface area contributed by atoms with E-state index in [1.54, 1.807) is 20.8 Å². The number of carboxylic acid groups (broad SMARTS) is 1. The summed E-state index contributed by atoms with van der Waals surface area (Å²) in [4.78, 5) is 86.1. The molecule has 21 heteroatoms. The zero-order valence-corrected chi connectivity index (χ0v) is 30.1. The molecule has 4 amide bonds. The van der Waals surface area contributed by atoms with Crippen molar-refractivity contribution in [2.24, 2.45) is 11.3 Å². The van der Waals surface area contributed by atoms with Gasteiger partial charge in [-0.3, -0.25) is 38.2 Å². The van der Waals surface area contributed by atoms with Crippen molar-refractivity contribution in [3.63, 3.8) is 0 Å². The number of carbonyl (C=O) groups excluding carboxylic acids is 6. The molecule has 0 radical (unpaired) electrons. The summed E-state index contributed by atoms with van der Waals surface area (Å²) in [5.74, 6) is -9.44. The number of ether oxygens (including phenoxy) is 3. The molecule has 0 unspecified atom stereocenters. The minimum Gasteiger partial charge on any atom is -0.479 e. The van der Waals surface area contributed by atoms with Gasteiger partial charge in [0.1, 0.15) is 30.7 Å². The van der Waals surface area contributed by atoms with Gasteiger partial charge in [0.05, 0.1) is 29.3 Å². The number of nitrogens with one attached hydrogen (secondary N) is 2. The van der Waals surface area contributed by atoms with Crippen LogP contribution in [-0.4, -0.2) is 136 Å². The number of hydrogen-bond acceptors (Lipinski definition) is 15. The molecular formula is C33H41N3O17S. The Morgan fingerprint density at radius 3 is 2.26 bits per heavy atom. The van der Waals surface area contributed by atoms with Crippen LogP contribution in [0.2, 0.25) is 0 Å². The van der Waals surface area contributed by atoms with E-state index in [4.69, 9.17) is 14.2 Å². The van der Waals surface area contributed by atoms with Crippen LogP contribution in [0.5, 0.6) is 5.75 Å². The number of benzene rings is 1. The number of anilines is 1. The van der Waals surface area contributed by atoms with Crippen molar-refractivity contribution in [2.45, 2.75) is 64.3 Å². The predicted molar refractivity (Wildman–Crippen MR) is 182 cm³/mol. The third-order valence-corrected chi connectivity index (χ3v) is 8.53. The molecule has 20 nitrogen and oxygen atoms in total.